The molecule has 4 aromatic rings. The molecule has 0 bridgehead atoms. The molecule has 0 atom stereocenters. The summed E-state index contributed by atoms with van der Waals surface area (Å²) in [6, 6.07) is 8.53. The summed E-state index contributed by atoms with van der Waals surface area (Å²) in [5, 5.41) is 7.29. The number of alkyl halides is 6. The first-order valence-electron chi connectivity index (χ1n) is 12.7. The van der Waals surface area contributed by atoms with Crippen LogP contribution in [-0.2, 0) is 49.0 Å². The number of nitrogens with zero attached hydrogens (tertiary/aromatic N) is 6. The van der Waals surface area contributed by atoms with Crippen LogP contribution in [-0.4, -0.2) is 29.5 Å². The third kappa shape index (κ3) is 6.95. The zero-order chi connectivity index (χ0) is 30.8. The van der Waals surface area contributed by atoms with Crippen molar-refractivity contribution >= 4 is 0 Å². The molecule has 0 fully saturated rings. The Morgan fingerprint density at radius 1 is 0.548 bits per heavy atom. The standard InChI is InChI=1S/C29H30F6N6.Pd/c1-25(2,3)17-13-21(36-23(15-17)40-11-9-19(38-40)28(30,31)32)27(7,8)22-14-18(26(4,5)6)16-24(37-22)41-12-10-20(39-41)29(33,34)35;/h9-10,13-16H,1-8H3;/q-2;+2. The summed E-state index contributed by atoms with van der Waals surface area (Å²) in [4.78, 5) is 9.35. The van der Waals surface area contributed by atoms with Crippen LogP contribution in [0.3, 0.4) is 0 Å². The quantitative estimate of drug-likeness (QED) is 0.128. The summed E-state index contributed by atoms with van der Waals surface area (Å²) in [5.74, 6) is 0.275. The molecule has 0 spiro atoms. The van der Waals surface area contributed by atoms with Gasteiger partial charge in [-0.2, -0.15) is 26.3 Å². The van der Waals surface area contributed by atoms with Gasteiger partial charge in [-0.15, -0.1) is 12.1 Å². The van der Waals surface area contributed by atoms with Crippen LogP contribution in [0.2, 0.25) is 0 Å². The van der Waals surface area contributed by atoms with Crippen LogP contribution in [0.1, 0.15) is 89.3 Å². The van der Waals surface area contributed by atoms with Gasteiger partial charge in [-0.05, 0) is 47.9 Å². The van der Waals surface area contributed by atoms with E-state index in [2.05, 4.69) is 32.6 Å². The first-order valence-corrected chi connectivity index (χ1v) is 12.7. The molecule has 0 radical (unpaired) electrons. The minimum Gasteiger partial charge on any atom is -0.343 e. The van der Waals surface area contributed by atoms with E-state index in [1.807, 2.05) is 67.5 Å². The number of aromatic nitrogens is 6. The van der Waals surface area contributed by atoms with Crippen molar-refractivity contribution in [3.05, 3.63) is 82.7 Å². The van der Waals surface area contributed by atoms with Crippen molar-refractivity contribution < 1.29 is 46.8 Å². The van der Waals surface area contributed by atoms with Crippen LogP contribution in [0, 0.1) is 12.4 Å². The smallest absolute Gasteiger partial charge is 0.343 e. The number of hydrogen-bond acceptors (Lipinski definition) is 4. The topological polar surface area (TPSA) is 61.4 Å². The summed E-state index contributed by atoms with van der Waals surface area (Å²) in [5.41, 5.74) is -1.45. The van der Waals surface area contributed by atoms with Crippen molar-refractivity contribution in [3.8, 4) is 11.6 Å². The number of halogens is 6. The summed E-state index contributed by atoms with van der Waals surface area (Å²) >= 11 is 0. The molecule has 0 aliphatic rings. The third-order valence-corrected chi connectivity index (χ3v) is 6.71. The van der Waals surface area contributed by atoms with Crippen LogP contribution >= 0.6 is 0 Å². The molecule has 0 N–H and O–H groups in total. The maximum absolute atomic E-state index is 13.3. The van der Waals surface area contributed by atoms with E-state index in [0.29, 0.717) is 11.4 Å². The monoisotopic (exact) mass is 682 g/mol. The van der Waals surface area contributed by atoms with Gasteiger partial charge in [-0.25, -0.2) is 0 Å². The molecule has 6 nitrogen and oxygen atoms in total. The predicted octanol–water partition coefficient (Wildman–Crippen LogP) is 7.40. The van der Waals surface area contributed by atoms with Gasteiger partial charge in [-0.1, -0.05) is 66.1 Å². The van der Waals surface area contributed by atoms with Crippen LogP contribution in [0.15, 0.2) is 36.4 Å². The largest absolute Gasteiger partial charge is 2.00 e. The fourth-order valence-corrected chi connectivity index (χ4v) is 3.97. The van der Waals surface area contributed by atoms with Gasteiger partial charge in [0.25, 0.3) is 0 Å². The van der Waals surface area contributed by atoms with Crippen LogP contribution in [0.25, 0.3) is 11.6 Å². The van der Waals surface area contributed by atoms with Gasteiger partial charge < -0.3 is 9.36 Å². The molecule has 0 saturated carbocycles. The Morgan fingerprint density at radius 2 is 0.881 bits per heavy atom. The van der Waals surface area contributed by atoms with E-state index in [1.54, 1.807) is 12.1 Å². The molecule has 0 aromatic carbocycles. The second-order valence-corrected chi connectivity index (χ2v) is 12.5. The summed E-state index contributed by atoms with van der Waals surface area (Å²) < 4.78 is 81.5. The minimum atomic E-state index is -4.64. The van der Waals surface area contributed by atoms with Gasteiger partial charge in [-0.3, -0.25) is 20.2 Å². The third-order valence-electron chi connectivity index (χ3n) is 6.71. The SMILES string of the molecule is CC(C)(C)c1cc(-n2[c-]cc(C(F)(F)F)n2)nc(C(C)(C)c2cc(C(C)(C)C)cc(-n3[c-]cc(C(F)(F)F)n3)n2)c1.[Pd+2]. The van der Waals surface area contributed by atoms with Crippen molar-refractivity contribution in [1.82, 2.24) is 29.5 Å². The van der Waals surface area contributed by atoms with Crippen molar-refractivity contribution in [1.29, 1.82) is 0 Å². The van der Waals surface area contributed by atoms with Crippen LogP contribution < -0.4 is 0 Å². The van der Waals surface area contributed by atoms with Crippen LogP contribution in [0.4, 0.5) is 26.3 Å². The van der Waals surface area contributed by atoms with E-state index >= 15 is 0 Å². The number of hydrogen-bond donors (Lipinski definition) is 0. The normalized spacial score (nSPS) is 13.3. The molecule has 4 heterocycles. The van der Waals surface area contributed by atoms with Crippen molar-refractivity contribution in [2.75, 3.05) is 0 Å². The fourth-order valence-electron chi connectivity index (χ4n) is 3.97. The molecule has 0 aliphatic carbocycles. The maximum Gasteiger partial charge on any atom is 2.00 e. The van der Waals surface area contributed by atoms with E-state index in [4.69, 9.17) is 0 Å². The second-order valence-electron chi connectivity index (χ2n) is 12.5. The van der Waals surface area contributed by atoms with E-state index < -0.39 is 40.0 Å². The Balaban J connectivity index is 0.00000484. The maximum atomic E-state index is 13.3. The zero-order valence-corrected chi connectivity index (χ0v) is 25.8. The Kier molecular flexibility index (Phi) is 8.69. The Hall–Kier alpha value is -3.04. The van der Waals surface area contributed by atoms with Gasteiger partial charge in [0.1, 0.15) is 0 Å². The van der Waals surface area contributed by atoms with E-state index in [9.17, 15) is 26.3 Å². The Morgan fingerprint density at radius 3 is 1.14 bits per heavy atom. The van der Waals surface area contributed by atoms with Gasteiger partial charge in [0.2, 0.25) is 0 Å². The summed E-state index contributed by atoms with van der Waals surface area (Å²) in [7, 11) is 0. The molecule has 0 amide bonds. The minimum absolute atomic E-state index is 0. The summed E-state index contributed by atoms with van der Waals surface area (Å²) in [6.07, 6.45) is -4.29. The number of pyridine rings is 2. The predicted molar refractivity (Wildman–Crippen MR) is 140 cm³/mol. The van der Waals surface area contributed by atoms with Gasteiger partial charge in [0, 0.05) is 16.8 Å². The first kappa shape index (κ1) is 33.5. The van der Waals surface area contributed by atoms with Gasteiger partial charge >= 0.3 is 32.8 Å². The average molecular weight is 683 g/mol. The molecule has 0 unspecified atom stereocenters. The molecule has 0 aliphatic heterocycles. The molecular weight excluding hydrogens is 653 g/mol. The fraction of sp³-hybridized carbons (Fsp3) is 0.448. The molecule has 42 heavy (non-hydrogen) atoms. The van der Waals surface area contributed by atoms with Gasteiger partial charge in [0.15, 0.2) is 0 Å². The molecular formula is C29H30F6N6Pd. The zero-order valence-electron chi connectivity index (χ0n) is 24.2. The first-order chi connectivity index (χ1) is 18.6. The molecule has 4 rings (SSSR count). The Labute approximate surface area is 254 Å². The molecule has 4 aromatic heterocycles. The van der Waals surface area contributed by atoms with E-state index in [1.165, 1.54) is 0 Å². The molecule has 13 heteroatoms. The van der Waals surface area contributed by atoms with Crippen LogP contribution in [0.5, 0.6) is 0 Å². The van der Waals surface area contributed by atoms with Crippen molar-refractivity contribution in [2.24, 2.45) is 0 Å². The van der Waals surface area contributed by atoms with E-state index in [0.717, 1.165) is 32.6 Å². The second kappa shape index (κ2) is 10.9. The average Bonchev–Trinajstić information content (AvgIpc) is 3.53. The molecule has 228 valence electrons. The van der Waals surface area contributed by atoms with Gasteiger partial charge in [0.05, 0.1) is 23.0 Å². The molecule has 0 saturated heterocycles. The van der Waals surface area contributed by atoms with E-state index in [-0.39, 0.29) is 32.1 Å². The van der Waals surface area contributed by atoms with Crippen molar-refractivity contribution in [3.63, 3.8) is 0 Å². The number of rotatable bonds is 4. The summed E-state index contributed by atoms with van der Waals surface area (Å²) in [6.45, 7) is 15.4. The van der Waals surface area contributed by atoms with Crippen molar-refractivity contribution in [2.45, 2.75) is 84.0 Å². The Bertz CT molecular complexity index is 1450.